The summed E-state index contributed by atoms with van der Waals surface area (Å²) in [6.07, 6.45) is 2.32. The highest BCUT2D eigenvalue weighted by Gasteiger charge is 2.25. The van der Waals surface area contributed by atoms with E-state index in [1.165, 1.54) is 12.2 Å². The number of nitrogens with one attached hydrogen (secondary N) is 1. The summed E-state index contributed by atoms with van der Waals surface area (Å²) in [7, 11) is 0. The molecule has 2 unspecified atom stereocenters. The fourth-order valence-corrected chi connectivity index (χ4v) is 2.76. The van der Waals surface area contributed by atoms with Crippen molar-refractivity contribution < 1.29 is 9.90 Å². The van der Waals surface area contributed by atoms with Crippen molar-refractivity contribution in [3.63, 3.8) is 0 Å². The van der Waals surface area contributed by atoms with E-state index >= 15 is 0 Å². The Bertz CT molecular complexity index is 191. The first-order valence-electron chi connectivity index (χ1n) is 5.18. The Balaban J connectivity index is 2.41. The number of aliphatic carboxylic acids is 1. The van der Waals surface area contributed by atoms with E-state index < -0.39 is 12.0 Å². The lowest BCUT2D eigenvalue weighted by atomic mass is 10.0. The Morgan fingerprint density at radius 2 is 2.29 bits per heavy atom. The van der Waals surface area contributed by atoms with Crippen molar-refractivity contribution in [3.05, 3.63) is 0 Å². The number of carboxylic acid groups (broad SMARTS) is 1. The quantitative estimate of drug-likeness (QED) is 0.750. The van der Waals surface area contributed by atoms with Crippen molar-refractivity contribution in [1.82, 2.24) is 5.32 Å². The molecule has 0 aromatic rings. The number of carbonyl (C=O) groups is 1. The summed E-state index contributed by atoms with van der Waals surface area (Å²) in [6, 6.07) is -0.00375. The van der Waals surface area contributed by atoms with Gasteiger partial charge in [-0.3, -0.25) is 4.79 Å². The molecular weight excluding hydrogens is 198 g/mol. The number of rotatable bonds is 4. The minimum absolute atomic E-state index is 0.152. The van der Waals surface area contributed by atoms with Gasteiger partial charge in [0.05, 0.1) is 0 Å². The Morgan fingerprint density at radius 3 is 2.71 bits per heavy atom. The zero-order valence-electron chi connectivity index (χ0n) is 8.82. The number of thioether (sulfide) groups is 1. The SMILES string of the molecule is CC(C)C(NC1CCCSC1)C(=O)O. The lowest BCUT2D eigenvalue weighted by Crippen LogP contribution is -2.48. The largest absolute Gasteiger partial charge is 0.480 e. The first kappa shape index (κ1) is 11.9. The van der Waals surface area contributed by atoms with Crippen LogP contribution in [0.25, 0.3) is 0 Å². The van der Waals surface area contributed by atoms with Crippen molar-refractivity contribution in [2.45, 2.75) is 38.8 Å². The number of hydrogen-bond donors (Lipinski definition) is 2. The zero-order valence-corrected chi connectivity index (χ0v) is 9.64. The summed E-state index contributed by atoms with van der Waals surface area (Å²) < 4.78 is 0. The van der Waals surface area contributed by atoms with Crippen molar-refractivity contribution >= 4 is 17.7 Å². The summed E-state index contributed by atoms with van der Waals surface area (Å²) in [6.45, 7) is 3.89. The predicted octanol–water partition coefficient (Wildman–Crippen LogP) is 1.58. The minimum atomic E-state index is -0.726. The maximum Gasteiger partial charge on any atom is 0.320 e. The van der Waals surface area contributed by atoms with Gasteiger partial charge in [0.15, 0.2) is 0 Å². The fourth-order valence-electron chi connectivity index (χ4n) is 1.67. The molecule has 1 aliphatic rings. The van der Waals surface area contributed by atoms with Gasteiger partial charge in [-0.15, -0.1) is 0 Å². The Hall–Kier alpha value is -0.220. The molecule has 3 nitrogen and oxygen atoms in total. The van der Waals surface area contributed by atoms with Crippen LogP contribution in [-0.2, 0) is 4.79 Å². The van der Waals surface area contributed by atoms with Gasteiger partial charge in [0, 0.05) is 11.8 Å². The lowest BCUT2D eigenvalue weighted by molar-refractivity contribution is -0.140. The summed E-state index contributed by atoms with van der Waals surface area (Å²) in [5.74, 6) is 1.70. The monoisotopic (exact) mass is 217 g/mol. The van der Waals surface area contributed by atoms with Crippen LogP contribution in [0.3, 0.4) is 0 Å². The molecule has 2 N–H and O–H groups in total. The molecule has 1 heterocycles. The van der Waals surface area contributed by atoms with Crippen LogP contribution in [0.4, 0.5) is 0 Å². The molecule has 1 saturated heterocycles. The first-order valence-corrected chi connectivity index (χ1v) is 6.33. The van der Waals surface area contributed by atoms with Gasteiger partial charge >= 0.3 is 5.97 Å². The first-order chi connectivity index (χ1) is 6.61. The third-order valence-electron chi connectivity index (χ3n) is 2.51. The molecule has 1 aliphatic heterocycles. The van der Waals surface area contributed by atoms with Gasteiger partial charge in [0.2, 0.25) is 0 Å². The average molecular weight is 217 g/mol. The van der Waals surface area contributed by atoms with Crippen LogP contribution in [0.2, 0.25) is 0 Å². The third-order valence-corrected chi connectivity index (χ3v) is 3.72. The van der Waals surface area contributed by atoms with Crippen molar-refractivity contribution in [1.29, 1.82) is 0 Å². The molecule has 82 valence electrons. The second-order valence-electron chi connectivity index (χ2n) is 4.14. The van der Waals surface area contributed by atoms with E-state index in [-0.39, 0.29) is 5.92 Å². The molecule has 1 rings (SSSR count). The fraction of sp³-hybridized carbons (Fsp3) is 0.900. The third kappa shape index (κ3) is 3.50. The molecule has 0 aromatic carbocycles. The summed E-state index contributed by atoms with van der Waals surface area (Å²) >= 11 is 1.91. The summed E-state index contributed by atoms with van der Waals surface area (Å²) in [4.78, 5) is 10.9. The van der Waals surface area contributed by atoms with Gasteiger partial charge in [0.25, 0.3) is 0 Å². The van der Waals surface area contributed by atoms with E-state index in [9.17, 15) is 4.79 Å². The molecule has 1 fully saturated rings. The van der Waals surface area contributed by atoms with E-state index in [1.807, 2.05) is 25.6 Å². The normalized spacial score (nSPS) is 24.9. The van der Waals surface area contributed by atoms with Gasteiger partial charge in [-0.1, -0.05) is 13.8 Å². The van der Waals surface area contributed by atoms with Crippen molar-refractivity contribution in [2.75, 3.05) is 11.5 Å². The molecule has 2 atom stereocenters. The van der Waals surface area contributed by atoms with Crippen LogP contribution < -0.4 is 5.32 Å². The summed E-state index contributed by atoms with van der Waals surface area (Å²) in [5, 5.41) is 12.2. The van der Waals surface area contributed by atoms with E-state index in [0.29, 0.717) is 6.04 Å². The molecule has 0 aromatic heterocycles. The molecule has 14 heavy (non-hydrogen) atoms. The van der Waals surface area contributed by atoms with E-state index in [1.54, 1.807) is 0 Å². The molecule has 0 saturated carbocycles. The van der Waals surface area contributed by atoms with Crippen LogP contribution in [-0.4, -0.2) is 34.7 Å². The van der Waals surface area contributed by atoms with Gasteiger partial charge in [0.1, 0.15) is 6.04 Å². The highest BCUT2D eigenvalue weighted by atomic mass is 32.2. The maximum absolute atomic E-state index is 10.9. The van der Waals surface area contributed by atoms with Crippen LogP contribution in [0, 0.1) is 5.92 Å². The van der Waals surface area contributed by atoms with Crippen LogP contribution >= 0.6 is 11.8 Å². The van der Waals surface area contributed by atoms with Crippen LogP contribution in [0.1, 0.15) is 26.7 Å². The van der Waals surface area contributed by atoms with Gasteiger partial charge in [-0.05, 0) is 24.5 Å². The Kier molecular flexibility index (Phi) is 4.75. The molecule has 0 amide bonds. The topological polar surface area (TPSA) is 49.3 Å². The van der Waals surface area contributed by atoms with Crippen molar-refractivity contribution in [2.24, 2.45) is 5.92 Å². The maximum atomic E-state index is 10.9. The average Bonchev–Trinajstić information content (AvgIpc) is 2.15. The smallest absolute Gasteiger partial charge is 0.320 e. The van der Waals surface area contributed by atoms with E-state index in [4.69, 9.17) is 5.11 Å². The summed E-state index contributed by atoms with van der Waals surface area (Å²) in [5.41, 5.74) is 0. The molecule has 0 radical (unpaired) electrons. The second kappa shape index (κ2) is 5.61. The van der Waals surface area contributed by atoms with Crippen LogP contribution in [0.5, 0.6) is 0 Å². The van der Waals surface area contributed by atoms with E-state index in [2.05, 4.69) is 5.32 Å². The Morgan fingerprint density at radius 1 is 1.57 bits per heavy atom. The molecular formula is C10H19NO2S. The van der Waals surface area contributed by atoms with Gasteiger partial charge < -0.3 is 10.4 Å². The highest BCUT2D eigenvalue weighted by molar-refractivity contribution is 7.99. The number of carboxylic acids is 1. The van der Waals surface area contributed by atoms with Gasteiger partial charge in [-0.2, -0.15) is 11.8 Å². The standard InChI is InChI=1S/C10H19NO2S/c1-7(2)9(10(12)13)11-8-4-3-5-14-6-8/h7-9,11H,3-6H2,1-2H3,(H,12,13). The predicted molar refractivity (Wildman–Crippen MR) is 59.7 cm³/mol. The van der Waals surface area contributed by atoms with Gasteiger partial charge in [-0.25, -0.2) is 0 Å². The molecule has 4 heteroatoms. The minimum Gasteiger partial charge on any atom is -0.480 e. The molecule has 0 spiro atoms. The lowest BCUT2D eigenvalue weighted by Gasteiger charge is -2.27. The van der Waals surface area contributed by atoms with Crippen molar-refractivity contribution in [3.8, 4) is 0 Å². The number of hydrogen-bond acceptors (Lipinski definition) is 3. The Labute approximate surface area is 89.6 Å². The van der Waals surface area contributed by atoms with Crippen LogP contribution in [0.15, 0.2) is 0 Å². The molecule has 0 aliphatic carbocycles. The molecule has 0 bridgehead atoms. The van der Waals surface area contributed by atoms with E-state index in [0.717, 1.165) is 12.2 Å². The highest BCUT2D eigenvalue weighted by Crippen LogP contribution is 2.18. The zero-order chi connectivity index (χ0) is 10.6. The second-order valence-corrected chi connectivity index (χ2v) is 5.29.